The van der Waals surface area contributed by atoms with Gasteiger partial charge in [0.1, 0.15) is 6.04 Å². The molecule has 5 heteroatoms. The van der Waals surface area contributed by atoms with E-state index >= 15 is 0 Å². The molecule has 0 saturated heterocycles. The van der Waals surface area contributed by atoms with Crippen molar-refractivity contribution >= 4 is 33.6 Å². The number of amides is 2. The van der Waals surface area contributed by atoms with Crippen LogP contribution in [0, 0.1) is 12.3 Å². The summed E-state index contributed by atoms with van der Waals surface area (Å²) in [6.45, 7) is 0. The molecule has 0 spiro atoms. The van der Waals surface area contributed by atoms with E-state index in [1.165, 1.54) is 0 Å². The Morgan fingerprint density at radius 2 is 1.62 bits per heavy atom. The summed E-state index contributed by atoms with van der Waals surface area (Å²) in [5.41, 5.74) is 7.18. The van der Waals surface area contributed by atoms with Gasteiger partial charge in [-0.15, -0.1) is 12.3 Å². The third kappa shape index (κ3) is 2.77. The molecule has 0 fully saturated rings. The van der Waals surface area contributed by atoms with Crippen molar-refractivity contribution in [3.05, 3.63) is 54.1 Å². The fourth-order valence-electron chi connectivity index (χ4n) is 2.66. The summed E-state index contributed by atoms with van der Waals surface area (Å²) in [5.74, 6) is 1.29. The molecule has 3 rings (SSSR count). The van der Waals surface area contributed by atoms with Crippen LogP contribution in [0.2, 0.25) is 0 Å². The Kier molecular flexibility index (Phi) is 4.13. The van der Waals surface area contributed by atoms with Gasteiger partial charge in [0.25, 0.3) is 5.91 Å². The van der Waals surface area contributed by atoms with Crippen LogP contribution in [0.25, 0.3) is 21.8 Å². The number of primary amides is 1. The number of nitrogens with two attached hydrogens (primary N) is 1. The lowest BCUT2D eigenvalue weighted by atomic mass is 10.0. The number of terminal acetylenes is 1. The van der Waals surface area contributed by atoms with Crippen LogP contribution in [0.4, 0.5) is 0 Å². The summed E-state index contributed by atoms with van der Waals surface area (Å²) >= 11 is 0. The number of fused-ring (bicyclic) bond motifs is 2. The zero-order valence-electron chi connectivity index (χ0n) is 12.8. The maximum absolute atomic E-state index is 12.8. The molecule has 118 valence electrons. The maximum Gasteiger partial charge on any atom is 0.253 e. The van der Waals surface area contributed by atoms with Crippen LogP contribution in [-0.4, -0.2) is 22.8 Å². The molecule has 0 aliphatic carbocycles. The zero-order valence-corrected chi connectivity index (χ0v) is 12.8. The molecule has 5 nitrogen and oxygen atoms in total. The number of pyridine rings is 1. The lowest BCUT2D eigenvalue weighted by molar-refractivity contribution is -0.119. The van der Waals surface area contributed by atoms with E-state index < -0.39 is 17.9 Å². The Balaban J connectivity index is 2.17. The van der Waals surface area contributed by atoms with Crippen LogP contribution in [0.3, 0.4) is 0 Å². The quantitative estimate of drug-likeness (QED) is 0.570. The first-order valence-corrected chi connectivity index (χ1v) is 7.43. The normalized spacial score (nSPS) is 11.8. The molecule has 0 unspecified atom stereocenters. The van der Waals surface area contributed by atoms with Crippen LogP contribution in [0.5, 0.6) is 0 Å². The van der Waals surface area contributed by atoms with Crippen LogP contribution in [-0.2, 0) is 4.79 Å². The van der Waals surface area contributed by atoms with Gasteiger partial charge >= 0.3 is 0 Å². The molecule has 0 bridgehead atoms. The SMILES string of the molecule is C#CC[C@H](NC(=O)c1c2ccccc2nc2ccccc12)C(N)=O. The third-order valence-electron chi connectivity index (χ3n) is 3.79. The minimum absolute atomic E-state index is 0.0437. The molecular weight excluding hydrogens is 302 g/mol. The van der Waals surface area contributed by atoms with Crippen molar-refractivity contribution in [2.45, 2.75) is 12.5 Å². The second-order valence-electron chi connectivity index (χ2n) is 5.36. The van der Waals surface area contributed by atoms with Crippen LogP contribution in [0.15, 0.2) is 48.5 Å². The van der Waals surface area contributed by atoms with Crippen molar-refractivity contribution in [2.24, 2.45) is 5.73 Å². The van der Waals surface area contributed by atoms with Crippen molar-refractivity contribution in [2.75, 3.05) is 0 Å². The highest BCUT2D eigenvalue weighted by atomic mass is 16.2. The van der Waals surface area contributed by atoms with Gasteiger partial charge in [-0.1, -0.05) is 36.4 Å². The summed E-state index contributed by atoms with van der Waals surface area (Å²) in [4.78, 5) is 28.9. The van der Waals surface area contributed by atoms with Crippen molar-refractivity contribution < 1.29 is 9.59 Å². The van der Waals surface area contributed by atoms with Gasteiger partial charge in [-0.25, -0.2) is 4.98 Å². The minimum Gasteiger partial charge on any atom is -0.368 e. The molecule has 0 aliphatic heterocycles. The number of carbonyl (C=O) groups excluding carboxylic acids is 2. The number of para-hydroxylation sites is 2. The zero-order chi connectivity index (χ0) is 17.1. The predicted octanol–water partition coefficient (Wildman–Crippen LogP) is 1.99. The first kappa shape index (κ1) is 15.5. The Morgan fingerprint density at radius 3 is 2.12 bits per heavy atom. The molecule has 3 N–H and O–H groups in total. The second-order valence-corrected chi connectivity index (χ2v) is 5.36. The van der Waals surface area contributed by atoms with Gasteiger partial charge in [-0.3, -0.25) is 9.59 Å². The van der Waals surface area contributed by atoms with Crippen LogP contribution >= 0.6 is 0 Å². The topological polar surface area (TPSA) is 85.1 Å². The summed E-state index contributed by atoms with van der Waals surface area (Å²) < 4.78 is 0. The molecule has 1 heterocycles. The Hall–Kier alpha value is -3.39. The average molecular weight is 317 g/mol. The van der Waals surface area contributed by atoms with E-state index in [2.05, 4.69) is 16.2 Å². The van der Waals surface area contributed by atoms with Crippen LogP contribution in [0.1, 0.15) is 16.8 Å². The molecule has 0 aliphatic rings. The summed E-state index contributed by atoms with van der Waals surface area (Å²) in [5, 5.41) is 4.05. The van der Waals surface area contributed by atoms with Crippen molar-refractivity contribution in [1.29, 1.82) is 0 Å². The highest BCUT2D eigenvalue weighted by Gasteiger charge is 2.21. The number of nitrogens with zero attached hydrogens (tertiary/aromatic N) is 1. The van der Waals surface area contributed by atoms with E-state index in [0.717, 1.165) is 0 Å². The molecule has 2 amide bonds. The van der Waals surface area contributed by atoms with Gasteiger partial charge in [0.05, 0.1) is 16.6 Å². The molecule has 24 heavy (non-hydrogen) atoms. The van der Waals surface area contributed by atoms with Crippen molar-refractivity contribution in [1.82, 2.24) is 10.3 Å². The smallest absolute Gasteiger partial charge is 0.253 e. The molecule has 1 atom stereocenters. The average Bonchev–Trinajstić information content (AvgIpc) is 2.58. The number of hydrogen-bond acceptors (Lipinski definition) is 3. The summed E-state index contributed by atoms with van der Waals surface area (Å²) in [7, 11) is 0. The Morgan fingerprint density at radius 1 is 1.08 bits per heavy atom. The molecule has 0 saturated carbocycles. The Bertz CT molecular complexity index is 935. The van der Waals surface area contributed by atoms with Crippen molar-refractivity contribution in [3.8, 4) is 12.3 Å². The lowest BCUT2D eigenvalue weighted by Crippen LogP contribution is -2.44. The van der Waals surface area contributed by atoms with Gasteiger partial charge in [0.15, 0.2) is 0 Å². The number of hydrogen-bond donors (Lipinski definition) is 2. The summed E-state index contributed by atoms with van der Waals surface area (Å²) in [6, 6.07) is 13.8. The molecule has 1 aromatic heterocycles. The van der Waals surface area contributed by atoms with E-state index in [0.29, 0.717) is 27.4 Å². The number of nitrogens with one attached hydrogen (secondary N) is 1. The molecular formula is C19H15N3O2. The van der Waals surface area contributed by atoms with E-state index in [1.54, 1.807) is 0 Å². The fourth-order valence-corrected chi connectivity index (χ4v) is 2.66. The predicted molar refractivity (Wildman–Crippen MR) is 93.1 cm³/mol. The first-order valence-electron chi connectivity index (χ1n) is 7.43. The number of aromatic nitrogens is 1. The largest absolute Gasteiger partial charge is 0.368 e. The van der Waals surface area contributed by atoms with E-state index in [1.807, 2.05) is 48.5 Å². The standard InChI is InChI=1S/C19H15N3O2/c1-2-7-16(18(20)23)22-19(24)17-12-8-3-5-10-14(12)21-15-11-6-4-9-13(15)17/h1,3-6,8-11,16H,7H2,(H2,20,23)(H,22,24)/t16-/m0/s1. The van der Waals surface area contributed by atoms with E-state index in [-0.39, 0.29) is 6.42 Å². The summed E-state index contributed by atoms with van der Waals surface area (Å²) in [6.07, 6.45) is 5.29. The van der Waals surface area contributed by atoms with Gasteiger partial charge in [0, 0.05) is 17.2 Å². The van der Waals surface area contributed by atoms with Crippen molar-refractivity contribution in [3.63, 3.8) is 0 Å². The lowest BCUT2D eigenvalue weighted by Gasteiger charge is -2.15. The molecule has 2 aromatic carbocycles. The monoisotopic (exact) mass is 317 g/mol. The molecule has 0 radical (unpaired) electrons. The number of carbonyl (C=O) groups is 2. The number of rotatable bonds is 4. The first-order chi connectivity index (χ1) is 11.6. The number of benzene rings is 2. The van der Waals surface area contributed by atoms with E-state index in [4.69, 9.17) is 12.2 Å². The second kappa shape index (κ2) is 6.39. The highest BCUT2D eigenvalue weighted by Crippen LogP contribution is 2.25. The van der Waals surface area contributed by atoms with Gasteiger partial charge in [-0.05, 0) is 12.1 Å². The fraction of sp³-hybridized carbons (Fsp3) is 0.105. The third-order valence-corrected chi connectivity index (χ3v) is 3.79. The van der Waals surface area contributed by atoms with Crippen LogP contribution < -0.4 is 11.1 Å². The molecule has 3 aromatic rings. The van der Waals surface area contributed by atoms with Gasteiger partial charge in [0.2, 0.25) is 5.91 Å². The van der Waals surface area contributed by atoms with Gasteiger partial charge in [-0.2, -0.15) is 0 Å². The highest BCUT2D eigenvalue weighted by molar-refractivity contribution is 6.16. The maximum atomic E-state index is 12.8. The Labute approximate surface area is 138 Å². The minimum atomic E-state index is -0.909. The van der Waals surface area contributed by atoms with E-state index in [9.17, 15) is 9.59 Å². The van der Waals surface area contributed by atoms with Gasteiger partial charge < -0.3 is 11.1 Å².